The highest BCUT2D eigenvalue weighted by Crippen LogP contribution is 2.47. The standard InChI is InChI=1S/C15H16N2O3S/c1-20-14-6-11(21-17-14)8-16-10-4-2-9(3-5-10)12-7-13(12)15(18)19/h2-6,12-13,16H,7-8H2,1H3,(H,18,19)/t12-,13+/m0/s1. The maximum absolute atomic E-state index is 10.9. The molecule has 3 rings (SSSR count). The van der Waals surface area contributed by atoms with Crippen LogP contribution >= 0.6 is 11.5 Å². The van der Waals surface area contributed by atoms with Gasteiger partial charge < -0.3 is 15.2 Å². The van der Waals surface area contributed by atoms with E-state index >= 15 is 0 Å². The summed E-state index contributed by atoms with van der Waals surface area (Å²) in [5.74, 6) is -0.0716. The van der Waals surface area contributed by atoms with E-state index in [-0.39, 0.29) is 11.8 Å². The monoisotopic (exact) mass is 304 g/mol. The van der Waals surface area contributed by atoms with Crippen LogP contribution in [0.5, 0.6) is 5.88 Å². The summed E-state index contributed by atoms with van der Waals surface area (Å²) in [6.45, 7) is 0.696. The molecule has 6 heteroatoms. The van der Waals surface area contributed by atoms with Crippen molar-refractivity contribution in [2.45, 2.75) is 18.9 Å². The van der Waals surface area contributed by atoms with Crippen molar-refractivity contribution in [2.24, 2.45) is 5.92 Å². The number of nitrogens with zero attached hydrogens (tertiary/aromatic N) is 1. The number of benzene rings is 1. The summed E-state index contributed by atoms with van der Waals surface area (Å²) in [7, 11) is 1.60. The normalized spacial score (nSPS) is 20.0. The maximum atomic E-state index is 10.9. The van der Waals surface area contributed by atoms with E-state index < -0.39 is 5.97 Å². The summed E-state index contributed by atoms with van der Waals surface area (Å²) in [4.78, 5) is 12.0. The molecule has 2 aromatic rings. The molecule has 0 unspecified atom stereocenters. The molecule has 1 fully saturated rings. The van der Waals surface area contributed by atoms with E-state index in [1.54, 1.807) is 7.11 Å². The van der Waals surface area contributed by atoms with Gasteiger partial charge in [0.1, 0.15) is 0 Å². The molecule has 1 aliphatic rings. The maximum Gasteiger partial charge on any atom is 0.307 e. The van der Waals surface area contributed by atoms with Gasteiger partial charge in [-0.2, -0.15) is 4.37 Å². The third-order valence-corrected chi connectivity index (χ3v) is 4.43. The summed E-state index contributed by atoms with van der Waals surface area (Å²) < 4.78 is 9.19. The Morgan fingerprint density at radius 3 is 2.81 bits per heavy atom. The van der Waals surface area contributed by atoms with Crippen molar-refractivity contribution in [2.75, 3.05) is 12.4 Å². The quantitative estimate of drug-likeness (QED) is 0.858. The van der Waals surface area contributed by atoms with Crippen LogP contribution in [0.1, 0.15) is 22.8 Å². The van der Waals surface area contributed by atoms with Crippen LogP contribution in [0.3, 0.4) is 0 Å². The number of aliphatic carboxylic acids is 1. The number of ether oxygens (including phenoxy) is 1. The topological polar surface area (TPSA) is 71.5 Å². The van der Waals surface area contributed by atoms with Crippen molar-refractivity contribution >= 4 is 23.2 Å². The van der Waals surface area contributed by atoms with Crippen LogP contribution in [-0.2, 0) is 11.3 Å². The molecular formula is C15H16N2O3S. The van der Waals surface area contributed by atoms with Crippen LogP contribution in [0.2, 0.25) is 0 Å². The molecule has 1 aromatic carbocycles. The van der Waals surface area contributed by atoms with Crippen LogP contribution in [0.25, 0.3) is 0 Å². The molecule has 0 aliphatic heterocycles. The Balaban J connectivity index is 1.56. The van der Waals surface area contributed by atoms with Gasteiger partial charge in [0.25, 0.3) is 0 Å². The number of carboxylic acid groups (broad SMARTS) is 1. The lowest BCUT2D eigenvalue weighted by molar-refractivity contribution is -0.138. The second-order valence-electron chi connectivity index (χ2n) is 5.10. The number of hydrogen-bond acceptors (Lipinski definition) is 5. The Hall–Kier alpha value is -2.08. The van der Waals surface area contributed by atoms with Crippen molar-refractivity contribution in [3.05, 3.63) is 40.8 Å². The predicted octanol–water partition coefficient (Wildman–Crippen LogP) is 2.95. The molecule has 2 atom stereocenters. The first kappa shape index (κ1) is 13.9. The van der Waals surface area contributed by atoms with E-state index in [0.29, 0.717) is 12.4 Å². The number of nitrogens with one attached hydrogen (secondary N) is 1. The number of methoxy groups -OCH3 is 1. The van der Waals surface area contributed by atoms with E-state index in [9.17, 15) is 4.79 Å². The third kappa shape index (κ3) is 3.16. The molecule has 1 aromatic heterocycles. The minimum absolute atomic E-state index is 0.183. The Morgan fingerprint density at radius 2 is 2.24 bits per heavy atom. The van der Waals surface area contributed by atoms with E-state index in [1.807, 2.05) is 30.3 Å². The first-order valence-electron chi connectivity index (χ1n) is 6.73. The Kier molecular flexibility index (Phi) is 3.79. The summed E-state index contributed by atoms with van der Waals surface area (Å²) >= 11 is 1.41. The fourth-order valence-electron chi connectivity index (χ4n) is 2.35. The molecule has 1 heterocycles. The first-order valence-corrected chi connectivity index (χ1v) is 7.51. The molecule has 21 heavy (non-hydrogen) atoms. The van der Waals surface area contributed by atoms with Gasteiger partial charge >= 0.3 is 5.97 Å². The lowest BCUT2D eigenvalue weighted by atomic mass is 10.1. The second-order valence-corrected chi connectivity index (χ2v) is 5.99. The van der Waals surface area contributed by atoms with E-state index in [2.05, 4.69) is 9.69 Å². The lowest BCUT2D eigenvalue weighted by Gasteiger charge is -2.06. The van der Waals surface area contributed by atoms with Gasteiger partial charge in [-0.1, -0.05) is 12.1 Å². The Morgan fingerprint density at radius 1 is 1.48 bits per heavy atom. The molecule has 0 spiro atoms. The van der Waals surface area contributed by atoms with Crippen LogP contribution in [-0.4, -0.2) is 22.6 Å². The van der Waals surface area contributed by atoms with Crippen LogP contribution < -0.4 is 10.1 Å². The molecule has 110 valence electrons. The van der Waals surface area contributed by atoms with Crippen LogP contribution in [0, 0.1) is 5.92 Å². The minimum atomic E-state index is -0.693. The number of hydrogen-bond donors (Lipinski definition) is 2. The molecular weight excluding hydrogens is 288 g/mol. The Labute approximate surface area is 126 Å². The highest BCUT2D eigenvalue weighted by molar-refractivity contribution is 7.05. The smallest absolute Gasteiger partial charge is 0.307 e. The van der Waals surface area contributed by atoms with Gasteiger partial charge in [0.2, 0.25) is 5.88 Å². The van der Waals surface area contributed by atoms with Crippen molar-refractivity contribution in [1.29, 1.82) is 0 Å². The zero-order valence-electron chi connectivity index (χ0n) is 11.6. The lowest BCUT2D eigenvalue weighted by Crippen LogP contribution is -1.99. The average Bonchev–Trinajstić information content (AvgIpc) is 3.17. The van der Waals surface area contributed by atoms with E-state index in [1.165, 1.54) is 11.5 Å². The van der Waals surface area contributed by atoms with E-state index in [0.717, 1.165) is 22.5 Å². The summed E-state index contributed by atoms with van der Waals surface area (Å²) in [5.41, 5.74) is 2.12. The second kappa shape index (κ2) is 5.73. The zero-order chi connectivity index (χ0) is 14.8. The summed E-state index contributed by atoms with van der Waals surface area (Å²) in [5, 5.41) is 12.3. The molecule has 0 amide bonds. The van der Waals surface area contributed by atoms with Gasteiger partial charge in [0.15, 0.2) is 0 Å². The summed E-state index contributed by atoms with van der Waals surface area (Å²) in [6.07, 6.45) is 0.753. The zero-order valence-corrected chi connectivity index (χ0v) is 12.4. The SMILES string of the molecule is COc1cc(CNc2ccc([C@@H]3C[C@H]3C(=O)O)cc2)sn1. The van der Waals surface area contributed by atoms with Crippen molar-refractivity contribution < 1.29 is 14.6 Å². The number of anilines is 1. The van der Waals surface area contributed by atoms with Gasteiger partial charge in [-0.15, -0.1) is 0 Å². The van der Waals surface area contributed by atoms with Crippen LogP contribution in [0.15, 0.2) is 30.3 Å². The van der Waals surface area contributed by atoms with Gasteiger partial charge in [-0.3, -0.25) is 4.79 Å². The van der Waals surface area contributed by atoms with Gasteiger partial charge in [0.05, 0.1) is 19.6 Å². The highest BCUT2D eigenvalue weighted by atomic mass is 32.1. The van der Waals surface area contributed by atoms with Gasteiger partial charge in [0, 0.05) is 16.6 Å². The average molecular weight is 304 g/mol. The molecule has 1 aliphatic carbocycles. The number of rotatable bonds is 6. The predicted molar refractivity (Wildman–Crippen MR) is 80.9 cm³/mol. The Bertz CT molecular complexity index is 639. The molecule has 0 bridgehead atoms. The van der Waals surface area contributed by atoms with Crippen molar-refractivity contribution in [3.8, 4) is 5.88 Å². The summed E-state index contributed by atoms with van der Waals surface area (Å²) in [6, 6.07) is 9.90. The minimum Gasteiger partial charge on any atom is -0.481 e. The number of aromatic nitrogens is 1. The van der Waals surface area contributed by atoms with E-state index in [4.69, 9.17) is 9.84 Å². The van der Waals surface area contributed by atoms with Crippen molar-refractivity contribution in [1.82, 2.24) is 4.37 Å². The molecule has 1 saturated carbocycles. The highest BCUT2D eigenvalue weighted by Gasteiger charge is 2.43. The number of carboxylic acids is 1. The molecule has 0 radical (unpaired) electrons. The van der Waals surface area contributed by atoms with Gasteiger partial charge in [-0.05, 0) is 41.6 Å². The third-order valence-electron chi connectivity index (χ3n) is 3.66. The molecule has 0 saturated heterocycles. The van der Waals surface area contributed by atoms with Crippen molar-refractivity contribution in [3.63, 3.8) is 0 Å². The fraction of sp³-hybridized carbons (Fsp3) is 0.333. The number of carbonyl (C=O) groups is 1. The largest absolute Gasteiger partial charge is 0.481 e. The van der Waals surface area contributed by atoms with Gasteiger partial charge in [-0.25, -0.2) is 0 Å². The molecule has 2 N–H and O–H groups in total. The molecule has 5 nitrogen and oxygen atoms in total. The van der Waals surface area contributed by atoms with Crippen LogP contribution in [0.4, 0.5) is 5.69 Å². The fourth-order valence-corrected chi connectivity index (χ4v) is 2.97. The first-order chi connectivity index (χ1) is 10.2.